The predicted molar refractivity (Wildman–Crippen MR) is 70.0 cm³/mol. The molecule has 19 heavy (non-hydrogen) atoms. The molecule has 0 aliphatic carbocycles. The van der Waals surface area contributed by atoms with Crippen molar-refractivity contribution in [2.75, 3.05) is 19.7 Å². The summed E-state index contributed by atoms with van der Waals surface area (Å²) in [5.41, 5.74) is 1.46. The predicted octanol–water partition coefficient (Wildman–Crippen LogP) is 1.07. The fraction of sp³-hybridized carbons (Fsp3) is 0.400. The van der Waals surface area contributed by atoms with Gasteiger partial charge in [0.2, 0.25) is 0 Å². The van der Waals surface area contributed by atoms with Crippen LogP contribution in [0.15, 0.2) is 41.7 Å². The van der Waals surface area contributed by atoms with Gasteiger partial charge in [-0.25, -0.2) is 4.79 Å². The Balaban J connectivity index is 2.02. The first-order chi connectivity index (χ1) is 9.20. The van der Waals surface area contributed by atoms with Gasteiger partial charge in [0, 0.05) is 25.2 Å². The minimum Gasteiger partial charge on any atom is -0.875 e. The molecule has 1 aromatic carbocycles. The number of hydrogen-bond donors (Lipinski definition) is 0. The van der Waals surface area contributed by atoms with Crippen molar-refractivity contribution in [3.8, 4) is 0 Å². The molecule has 0 bridgehead atoms. The molecule has 1 aliphatic heterocycles. The highest BCUT2D eigenvalue weighted by molar-refractivity contribution is 5.89. The van der Waals surface area contributed by atoms with Gasteiger partial charge in [0.15, 0.2) is 0 Å². The molecule has 0 radical (unpaired) electrons. The number of esters is 1. The molecule has 0 atom stereocenters. The number of nitrogens with zero attached hydrogens (tertiary/aromatic N) is 1. The lowest BCUT2D eigenvalue weighted by atomic mass is 10.1. The van der Waals surface area contributed by atoms with Crippen LogP contribution in [-0.2, 0) is 16.1 Å². The maximum absolute atomic E-state index is 11.7. The summed E-state index contributed by atoms with van der Waals surface area (Å²) in [5, 5.41) is 11.7. The van der Waals surface area contributed by atoms with E-state index in [0.29, 0.717) is 26.1 Å². The fourth-order valence-corrected chi connectivity index (χ4v) is 2.17. The van der Waals surface area contributed by atoms with Gasteiger partial charge >= 0.3 is 5.97 Å². The second-order valence-corrected chi connectivity index (χ2v) is 4.57. The van der Waals surface area contributed by atoms with E-state index in [1.54, 1.807) is 6.92 Å². The van der Waals surface area contributed by atoms with Gasteiger partial charge in [-0.05, 0) is 18.9 Å². The van der Waals surface area contributed by atoms with Crippen molar-refractivity contribution in [1.29, 1.82) is 0 Å². The summed E-state index contributed by atoms with van der Waals surface area (Å²) in [6.07, 6.45) is 0.390. The first kappa shape index (κ1) is 13.6. The Morgan fingerprint density at radius 1 is 1.37 bits per heavy atom. The molecular formula is C15H18NO3-. The lowest BCUT2D eigenvalue weighted by Gasteiger charge is -2.32. The van der Waals surface area contributed by atoms with E-state index < -0.39 is 5.97 Å². The molecule has 4 heteroatoms. The highest BCUT2D eigenvalue weighted by Crippen LogP contribution is 2.17. The van der Waals surface area contributed by atoms with Gasteiger partial charge in [-0.3, -0.25) is 4.90 Å². The maximum atomic E-state index is 11.7. The Morgan fingerprint density at radius 3 is 2.79 bits per heavy atom. The van der Waals surface area contributed by atoms with E-state index in [2.05, 4.69) is 4.90 Å². The highest BCUT2D eigenvalue weighted by Gasteiger charge is 2.20. The monoisotopic (exact) mass is 260 g/mol. The third-order valence-electron chi connectivity index (χ3n) is 3.14. The summed E-state index contributed by atoms with van der Waals surface area (Å²) in [6, 6.07) is 10.0. The van der Waals surface area contributed by atoms with Crippen LogP contribution in [0.1, 0.15) is 18.9 Å². The number of carbonyl (C=O) groups excluding carboxylic acids is 1. The lowest BCUT2D eigenvalue weighted by Crippen LogP contribution is -2.37. The average molecular weight is 260 g/mol. The van der Waals surface area contributed by atoms with E-state index in [0.717, 1.165) is 6.54 Å². The van der Waals surface area contributed by atoms with E-state index in [9.17, 15) is 9.90 Å². The quantitative estimate of drug-likeness (QED) is 0.760. The zero-order chi connectivity index (χ0) is 13.7. The number of ether oxygens (including phenoxy) is 1. The fourth-order valence-electron chi connectivity index (χ4n) is 2.17. The minimum absolute atomic E-state index is 0.0808. The van der Waals surface area contributed by atoms with Crippen LogP contribution in [0.25, 0.3) is 0 Å². The molecule has 0 unspecified atom stereocenters. The highest BCUT2D eigenvalue weighted by atomic mass is 16.5. The van der Waals surface area contributed by atoms with E-state index >= 15 is 0 Å². The molecule has 1 heterocycles. The van der Waals surface area contributed by atoms with Crippen molar-refractivity contribution in [3.63, 3.8) is 0 Å². The number of benzene rings is 1. The van der Waals surface area contributed by atoms with Crippen molar-refractivity contribution in [3.05, 3.63) is 47.2 Å². The normalized spacial score (nSPS) is 16.5. The topological polar surface area (TPSA) is 52.6 Å². The van der Waals surface area contributed by atoms with Crippen LogP contribution < -0.4 is 5.11 Å². The van der Waals surface area contributed by atoms with E-state index in [-0.39, 0.29) is 11.3 Å². The Labute approximate surface area is 113 Å². The molecule has 0 spiro atoms. The number of rotatable bonds is 4. The molecule has 1 aliphatic rings. The van der Waals surface area contributed by atoms with E-state index in [1.807, 2.05) is 30.3 Å². The number of hydrogen-bond acceptors (Lipinski definition) is 4. The Kier molecular flexibility index (Phi) is 4.58. The smallest absolute Gasteiger partial charge is 0.334 e. The third kappa shape index (κ3) is 3.58. The summed E-state index contributed by atoms with van der Waals surface area (Å²) in [7, 11) is 0. The molecule has 102 valence electrons. The molecule has 0 saturated carbocycles. The molecule has 2 rings (SSSR count). The molecule has 0 aromatic heterocycles. The summed E-state index contributed by atoms with van der Waals surface area (Å²) >= 11 is 0. The van der Waals surface area contributed by atoms with E-state index in [1.165, 1.54) is 5.56 Å². The second-order valence-electron chi connectivity index (χ2n) is 4.57. The van der Waals surface area contributed by atoms with Crippen molar-refractivity contribution >= 4 is 5.97 Å². The van der Waals surface area contributed by atoms with Crippen molar-refractivity contribution in [2.24, 2.45) is 0 Å². The van der Waals surface area contributed by atoms with Gasteiger partial charge in [-0.2, -0.15) is 0 Å². The van der Waals surface area contributed by atoms with E-state index in [4.69, 9.17) is 4.74 Å². The first-order valence-electron chi connectivity index (χ1n) is 6.53. The first-order valence-corrected chi connectivity index (χ1v) is 6.53. The lowest BCUT2D eigenvalue weighted by molar-refractivity contribution is -0.310. The standard InChI is InChI=1S/C15H19NO3/c1-2-19-15(18)13-11-16(9-8-14(13)17)10-12-6-4-3-5-7-12/h3-7,17H,2,8-11H2,1H3/p-1. The SMILES string of the molecule is CCOC(=O)C1=C([O-])CCN(Cc2ccccc2)C1. The summed E-state index contributed by atoms with van der Waals surface area (Å²) in [4.78, 5) is 13.8. The maximum Gasteiger partial charge on any atom is 0.334 e. The second kappa shape index (κ2) is 6.38. The Bertz CT molecular complexity index is 468. The Morgan fingerprint density at radius 2 is 2.11 bits per heavy atom. The van der Waals surface area contributed by atoms with Crippen molar-refractivity contribution in [2.45, 2.75) is 19.9 Å². The van der Waals surface area contributed by atoms with Crippen LogP contribution >= 0.6 is 0 Å². The van der Waals surface area contributed by atoms with Crippen LogP contribution in [-0.4, -0.2) is 30.6 Å². The van der Waals surface area contributed by atoms with Crippen LogP contribution in [0.4, 0.5) is 0 Å². The molecule has 4 nitrogen and oxygen atoms in total. The molecule has 0 saturated heterocycles. The molecule has 0 fully saturated rings. The van der Waals surface area contributed by atoms with Gasteiger partial charge in [0.25, 0.3) is 0 Å². The summed E-state index contributed by atoms with van der Waals surface area (Å²) < 4.78 is 4.93. The molecular weight excluding hydrogens is 242 g/mol. The zero-order valence-corrected chi connectivity index (χ0v) is 11.1. The van der Waals surface area contributed by atoms with Crippen LogP contribution in [0.2, 0.25) is 0 Å². The molecule has 1 aromatic rings. The van der Waals surface area contributed by atoms with Crippen LogP contribution in [0, 0.1) is 0 Å². The summed E-state index contributed by atoms with van der Waals surface area (Å²) in [6.45, 7) is 3.86. The third-order valence-corrected chi connectivity index (χ3v) is 3.14. The minimum atomic E-state index is -0.467. The van der Waals surface area contributed by atoms with Gasteiger partial charge < -0.3 is 9.84 Å². The van der Waals surface area contributed by atoms with Gasteiger partial charge in [-0.1, -0.05) is 30.3 Å². The molecule has 0 amide bonds. The zero-order valence-electron chi connectivity index (χ0n) is 11.1. The van der Waals surface area contributed by atoms with Gasteiger partial charge in [0.1, 0.15) is 0 Å². The van der Waals surface area contributed by atoms with Crippen molar-refractivity contribution < 1.29 is 14.6 Å². The van der Waals surface area contributed by atoms with Gasteiger partial charge in [-0.15, -0.1) is 5.76 Å². The molecule has 0 N–H and O–H groups in total. The Hall–Kier alpha value is -1.81. The number of carbonyl (C=O) groups is 1. The average Bonchev–Trinajstić information content (AvgIpc) is 2.42. The summed E-state index contributed by atoms with van der Waals surface area (Å²) in [5.74, 6) is -0.548. The van der Waals surface area contributed by atoms with Crippen LogP contribution in [0.5, 0.6) is 0 Å². The van der Waals surface area contributed by atoms with Crippen molar-refractivity contribution in [1.82, 2.24) is 4.90 Å². The van der Waals surface area contributed by atoms with Crippen LogP contribution in [0.3, 0.4) is 0 Å². The van der Waals surface area contributed by atoms with Gasteiger partial charge in [0.05, 0.1) is 6.61 Å². The largest absolute Gasteiger partial charge is 0.875 e.